The summed E-state index contributed by atoms with van der Waals surface area (Å²) in [5.41, 5.74) is 1.82. The molecule has 0 saturated heterocycles. The second-order valence-electron chi connectivity index (χ2n) is 5.18. The van der Waals surface area contributed by atoms with Gasteiger partial charge in [-0.25, -0.2) is 4.79 Å². The van der Waals surface area contributed by atoms with Crippen LogP contribution in [0.3, 0.4) is 0 Å². The minimum absolute atomic E-state index is 0.169. The van der Waals surface area contributed by atoms with Crippen molar-refractivity contribution in [3.63, 3.8) is 0 Å². The van der Waals surface area contributed by atoms with Crippen molar-refractivity contribution < 1.29 is 14.6 Å². The van der Waals surface area contributed by atoms with Gasteiger partial charge in [0.05, 0.1) is 25.3 Å². The molecule has 3 N–H and O–H groups in total. The van der Waals surface area contributed by atoms with Crippen LogP contribution in [0.2, 0.25) is 0 Å². The van der Waals surface area contributed by atoms with Gasteiger partial charge in [0.15, 0.2) is 0 Å². The van der Waals surface area contributed by atoms with Crippen molar-refractivity contribution in [3.8, 4) is 0 Å². The zero-order valence-corrected chi connectivity index (χ0v) is 13.1. The number of aliphatic hydroxyl groups excluding tert-OH is 1. The van der Waals surface area contributed by atoms with E-state index in [1.54, 1.807) is 7.11 Å². The third kappa shape index (κ3) is 5.09. The molecule has 122 valence electrons. The number of rotatable bonds is 7. The Morgan fingerprint density at radius 1 is 0.957 bits per heavy atom. The lowest BCUT2D eigenvalue weighted by molar-refractivity contribution is 0.163. The van der Waals surface area contributed by atoms with Crippen LogP contribution in [0.5, 0.6) is 0 Å². The van der Waals surface area contributed by atoms with Crippen molar-refractivity contribution in [1.82, 2.24) is 10.6 Å². The number of methoxy groups -OCH3 is 1. The number of hydrogen-bond acceptors (Lipinski definition) is 3. The molecule has 2 aromatic carbocycles. The van der Waals surface area contributed by atoms with Crippen molar-refractivity contribution in [2.75, 3.05) is 20.3 Å². The van der Waals surface area contributed by atoms with E-state index in [2.05, 4.69) is 10.6 Å². The molecule has 0 aliphatic rings. The fourth-order valence-corrected chi connectivity index (χ4v) is 2.35. The van der Waals surface area contributed by atoms with Crippen LogP contribution in [0.4, 0.5) is 4.79 Å². The van der Waals surface area contributed by atoms with Gasteiger partial charge in [-0.05, 0) is 11.1 Å². The number of urea groups is 1. The van der Waals surface area contributed by atoms with Crippen molar-refractivity contribution >= 4 is 6.03 Å². The van der Waals surface area contributed by atoms with Gasteiger partial charge < -0.3 is 20.5 Å². The molecular formula is C18H22N2O3. The molecule has 0 heterocycles. The van der Waals surface area contributed by atoms with Gasteiger partial charge in [-0.1, -0.05) is 60.7 Å². The van der Waals surface area contributed by atoms with Crippen molar-refractivity contribution in [1.29, 1.82) is 0 Å². The minimum atomic E-state index is -0.449. The minimum Gasteiger partial charge on any atom is -0.394 e. The van der Waals surface area contributed by atoms with E-state index in [9.17, 15) is 9.90 Å². The molecule has 0 fully saturated rings. The van der Waals surface area contributed by atoms with Gasteiger partial charge in [-0.15, -0.1) is 0 Å². The highest BCUT2D eigenvalue weighted by Crippen LogP contribution is 2.14. The Hall–Kier alpha value is -2.37. The van der Waals surface area contributed by atoms with E-state index >= 15 is 0 Å². The molecule has 5 nitrogen and oxygen atoms in total. The highest BCUT2D eigenvalue weighted by atomic mass is 16.5. The average Bonchev–Trinajstić information content (AvgIpc) is 2.61. The zero-order valence-electron chi connectivity index (χ0n) is 13.1. The quantitative estimate of drug-likeness (QED) is 0.735. The summed E-state index contributed by atoms with van der Waals surface area (Å²) < 4.78 is 5.18. The van der Waals surface area contributed by atoms with Gasteiger partial charge >= 0.3 is 6.03 Å². The summed E-state index contributed by atoms with van der Waals surface area (Å²) in [7, 11) is 1.59. The van der Waals surface area contributed by atoms with Crippen LogP contribution in [-0.4, -0.2) is 31.5 Å². The van der Waals surface area contributed by atoms with Gasteiger partial charge in [-0.2, -0.15) is 0 Å². The van der Waals surface area contributed by atoms with Crippen molar-refractivity contribution in [2.45, 2.75) is 12.1 Å². The monoisotopic (exact) mass is 314 g/mol. The lowest BCUT2D eigenvalue weighted by Crippen LogP contribution is -2.42. The van der Waals surface area contributed by atoms with Gasteiger partial charge in [0.25, 0.3) is 0 Å². The summed E-state index contributed by atoms with van der Waals surface area (Å²) in [6, 6.07) is 17.9. The Labute approximate surface area is 136 Å². The number of carbonyl (C=O) groups excluding carboxylic acids is 1. The molecule has 0 spiro atoms. The lowest BCUT2D eigenvalue weighted by atomic mass is 10.1. The molecule has 0 aliphatic heterocycles. The summed E-state index contributed by atoms with van der Waals surface area (Å²) in [5, 5.41) is 15.2. The lowest BCUT2D eigenvalue weighted by Gasteiger charge is -2.22. The third-order valence-electron chi connectivity index (χ3n) is 3.53. The second kappa shape index (κ2) is 8.92. The van der Waals surface area contributed by atoms with Gasteiger partial charge in [0, 0.05) is 7.11 Å². The number of hydrogen-bond donors (Lipinski definition) is 3. The fraction of sp³-hybridized carbons (Fsp3) is 0.278. The Morgan fingerprint density at radius 3 is 1.91 bits per heavy atom. The maximum absolute atomic E-state index is 12.3. The molecule has 0 saturated carbocycles. The molecule has 2 amide bonds. The molecule has 0 aliphatic carbocycles. The fourth-order valence-electron chi connectivity index (χ4n) is 2.35. The van der Waals surface area contributed by atoms with Crippen LogP contribution >= 0.6 is 0 Å². The zero-order chi connectivity index (χ0) is 16.5. The molecule has 0 aromatic heterocycles. The van der Waals surface area contributed by atoms with E-state index in [0.29, 0.717) is 6.61 Å². The summed E-state index contributed by atoms with van der Waals surface area (Å²) in [4.78, 5) is 12.3. The van der Waals surface area contributed by atoms with Gasteiger partial charge in [0.2, 0.25) is 0 Å². The Morgan fingerprint density at radius 2 is 1.43 bits per heavy atom. The summed E-state index contributed by atoms with van der Waals surface area (Å²) >= 11 is 0. The first-order valence-electron chi connectivity index (χ1n) is 7.51. The van der Waals surface area contributed by atoms with E-state index in [0.717, 1.165) is 11.1 Å². The number of ether oxygens (including phenoxy) is 1. The van der Waals surface area contributed by atoms with Gasteiger partial charge in [-0.3, -0.25) is 0 Å². The molecule has 23 heavy (non-hydrogen) atoms. The summed E-state index contributed by atoms with van der Waals surface area (Å²) in [6.45, 7) is 0.199. The highest BCUT2D eigenvalue weighted by molar-refractivity contribution is 5.75. The van der Waals surface area contributed by atoms with Gasteiger partial charge in [0.1, 0.15) is 0 Å². The smallest absolute Gasteiger partial charge is 0.315 e. The topological polar surface area (TPSA) is 70.6 Å². The molecule has 2 rings (SSSR count). The van der Waals surface area contributed by atoms with Crippen LogP contribution in [0, 0.1) is 0 Å². The second-order valence-corrected chi connectivity index (χ2v) is 5.18. The molecule has 2 atom stereocenters. The largest absolute Gasteiger partial charge is 0.394 e. The number of amides is 2. The first-order chi connectivity index (χ1) is 11.2. The van der Waals surface area contributed by atoms with E-state index in [1.165, 1.54) is 0 Å². The highest BCUT2D eigenvalue weighted by Gasteiger charge is 2.17. The number of aliphatic hydroxyl groups is 1. The van der Waals surface area contributed by atoms with Crippen molar-refractivity contribution in [3.05, 3.63) is 71.8 Å². The Balaban J connectivity index is 2.01. The first-order valence-corrected chi connectivity index (χ1v) is 7.51. The standard InChI is InChI=1S/C18H22N2O3/c1-23-13-17(15-10-6-3-7-11-15)20-18(22)19-16(12-21)14-8-4-2-5-9-14/h2-11,16-17,21H,12-13H2,1H3,(H2,19,20,22). The molecule has 2 aromatic rings. The van der Waals surface area contributed by atoms with Crippen LogP contribution in [0.1, 0.15) is 23.2 Å². The molecule has 0 radical (unpaired) electrons. The molecule has 2 unspecified atom stereocenters. The summed E-state index contributed by atoms with van der Waals surface area (Å²) in [6.07, 6.45) is 0. The summed E-state index contributed by atoms with van der Waals surface area (Å²) in [5.74, 6) is 0. The molecule has 5 heteroatoms. The predicted molar refractivity (Wildman–Crippen MR) is 89.0 cm³/mol. The maximum atomic E-state index is 12.3. The van der Waals surface area contributed by atoms with Crippen molar-refractivity contribution in [2.24, 2.45) is 0 Å². The SMILES string of the molecule is COCC(NC(=O)NC(CO)c1ccccc1)c1ccccc1. The Bertz CT molecular complexity index is 590. The van der Waals surface area contributed by atoms with E-state index in [4.69, 9.17) is 4.74 Å². The normalized spacial score (nSPS) is 13.1. The van der Waals surface area contributed by atoms with Crippen LogP contribution < -0.4 is 10.6 Å². The van der Waals surface area contributed by atoms with E-state index < -0.39 is 6.04 Å². The third-order valence-corrected chi connectivity index (χ3v) is 3.53. The van der Waals surface area contributed by atoms with Crippen LogP contribution in [-0.2, 0) is 4.74 Å². The van der Waals surface area contributed by atoms with Crippen LogP contribution in [0.15, 0.2) is 60.7 Å². The predicted octanol–water partition coefficient (Wildman–Crippen LogP) is 2.41. The maximum Gasteiger partial charge on any atom is 0.315 e. The number of carbonyl (C=O) groups is 1. The number of benzene rings is 2. The first kappa shape index (κ1) is 17.0. The number of nitrogens with one attached hydrogen (secondary N) is 2. The molecular weight excluding hydrogens is 292 g/mol. The van der Waals surface area contributed by atoms with E-state index in [1.807, 2.05) is 60.7 Å². The Kier molecular flexibility index (Phi) is 6.59. The van der Waals surface area contributed by atoms with E-state index in [-0.39, 0.29) is 18.7 Å². The molecule has 0 bridgehead atoms. The van der Waals surface area contributed by atoms with Crippen LogP contribution in [0.25, 0.3) is 0 Å². The average molecular weight is 314 g/mol.